The third kappa shape index (κ3) is 5.53. The summed E-state index contributed by atoms with van der Waals surface area (Å²) < 4.78 is 2.39. The van der Waals surface area contributed by atoms with Crippen molar-refractivity contribution in [3.63, 3.8) is 0 Å². The van der Waals surface area contributed by atoms with E-state index >= 15 is 0 Å². The van der Waals surface area contributed by atoms with Crippen LogP contribution in [0.5, 0.6) is 0 Å². The average molecular weight is 689 g/mol. The molecule has 1 heterocycles. The van der Waals surface area contributed by atoms with Gasteiger partial charge in [0.15, 0.2) is 0 Å². The number of hydrogen-bond donors (Lipinski definition) is 0. The third-order valence-corrected chi connectivity index (χ3v) is 10.6. The number of aromatic nitrogens is 1. The van der Waals surface area contributed by atoms with Gasteiger partial charge in [0.05, 0.1) is 11.0 Å². The number of nitrogens with zero attached hydrogens (tertiary/aromatic N) is 2. The Balaban J connectivity index is 1.16. The number of benzene rings is 9. The summed E-state index contributed by atoms with van der Waals surface area (Å²) in [6.07, 6.45) is 0. The van der Waals surface area contributed by atoms with Crippen LogP contribution in [0.4, 0.5) is 17.1 Å². The fourth-order valence-corrected chi connectivity index (χ4v) is 8.11. The number of para-hydroxylation sites is 2. The largest absolute Gasteiger partial charge is 0.310 e. The summed E-state index contributed by atoms with van der Waals surface area (Å²) in [6, 6.07) is 78.9. The molecular weight excluding hydrogens is 653 g/mol. The highest BCUT2D eigenvalue weighted by molar-refractivity contribution is 6.09. The van der Waals surface area contributed by atoms with Crippen molar-refractivity contribution in [2.24, 2.45) is 0 Å². The van der Waals surface area contributed by atoms with Gasteiger partial charge in [0.25, 0.3) is 0 Å². The first-order chi connectivity index (χ1) is 26.8. The van der Waals surface area contributed by atoms with Crippen molar-refractivity contribution >= 4 is 49.6 Å². The van der Waals surface area contributed by atoms with E-state index in [1.807, 2.05) is 0 Å². The summed E-state index contributed by atoms with van der Waals surface area (Å²) >= 11 is 0. The Labute approximate surface area is 315 Å². The van der Waals surface area contributed by atoms with Gasteiger partial charge in [0, 0.05) is 33.5 Å². The zero-order chi connectivity index (χ0) is 35.8. The molecule has 0 N–H and O–H groups in total. The Morgan fingerprint density at radius 1 is 0.315 bits per heavy atom. The highest BCUT2D eigenvalue weighted by Gasteiger charge is 2.18. The lowest BCUT2D eigenvalue weighted by Crippen LogP contribution is -2.10. The summed E-state index contributed by atoms with van der Waals surface area (Å²) in [6.45, 7) is 0. The lowest BCUT2D eigenvalue weighted by Gasteiger charge is -2.27. The number of anilines is 3. The monoisotopic (exact) mass is 688 g/mol. The van der Waals surface area contributed by atoms with E-state index in [4.69, 9.17) is 0 Å². The molecule has 1 aromatic heterocycles. The van der Waals surface area contributed by atoms with E-state index in [1.54, 1.807) is 0 Å². The van der Waals surface area contributed by atoms with Crippen LogP contribution in [0.2, 0.25) is 0 Å². The van der Waals surface area contributed by atoms with Gasteiger partial charge in [-0.15, -0.1) is 0 Å². The topological polar surface area (TPSA) is 8.17 Å². The molecule has 2 heteroatoms. The number of hydrogen-bond acceptors (Lipinski definition) is 1. The minimum Gasteiger partial charge on any atom is -0.310 e. The van der Waals surface area contributed by atoms with E-state index in [-0.39, 0.29) is 0 Å². The van der Waals surface area contributed by atoms with Crippen molar-refractivity contribution in [3.05, 3.63) is 218 Å². The van der Waals surface area contributed by atoms with E-state index in [1.165, 1.54) is 66.0 Å². The van der Waals surface area contributed by atoms with E-state index in [0.29, 0.717) is 0 Å². The predicted octanol–water partition coefficient (Wildman–Crippen LogP) is 14.4. The van der Waals surface area contributed by atoms with E-state index in [0.717, 1.165) is 22.7 Å². The summed E-state index contributed by atoms with van der Waals surface area (Å²) in [4.78, 5) is 2.39. The molecule has 0 fully saturated rings. The lowest BCUT2D eigenvalue weighted by atomic mass is 9.91. The van der Waals surface area contributed by atoms with Crippen LogP contribution in [0.1, 0.15) is 0 Å². The van der Waals surface area contributed by atoms with Gasteiger partial charge in [-0.25, -0.2) is 0 Å². The molecule has 0 aliphatic heterocycles. The molecule has 254 valence electrons. The second-order valence-corrected chi connectivity index (χ2v) is 13.8. The van der Waals surface area contributed by atoms with Crippen LogP contribution in [0.3, 0.4) is 0 Å². The van der Waals surface area contributed by atoms with Crippen LogP contribution in [-0.2, 0) is 0 Å². The van der Waals surface area contributed by atoms with Crippen molar-refractivity contribution < 1.29 is 0 Å². The predicted molar refractivity (Wildman–Crippen MR) is 229 cm³/mol. The Bertz CT molecular complexity index is 2860. The minimum absolute atomic E-state index is 1.09. The smallest absolute Gasteiger partial charge is 0.0541 e. The average Bonchev–Trinajstić information content (AvgIpc) is 3.59. The lowest BCUT2D eigenvalue weighted by molar-refractivity contribution is 1.17. The molecule has 0 unspecified atom stereocenters. The zero-order valence-corrected chi connectivity index (χ0v) is 29.7. The van der Waals surface area contributed by atoms with Crippen LogP contribution in [0.15, 0.2) is 218 Å². The molecule has 2 nitrogen and oxygen atoms in total. The molecule has 0 amide bonds. The number of fused-ring (bicyclic) bond motifs is 4. The molecule has 0 atom stereocenters. The number of rotatable bonds is 7. The Morgan fingerprint density at radius 3 is 1.48 bits per heavy atom. The van der Waals surface area contributed by atoms with E-state index in [2.05, 4.69) is 228 Å². The van der Waals surface area contributed by atoms with Crippen LogP contribution in [0, 0.1) is 0 Å². The van der Waals surface area contributed by atoms with Gasteiger partial charge in [-0.2, -0.15) is 0 Å². The molecule has 10 aromatic rings. The van der Waals surface area contributed by atoms with Crippen LogP contribution >= 0.6 is 0 Å². The maximum Gasteiger partial charge on any atom is 0.0541 e. The summed E-state index contributed by atoms with van der Waals surface area (Å²) in [7, 11) is 0. The highest BCUT2D eigenvalue weighted by atomic mass is 15.1. The molecule has 10 rings (SSSR count). The first kappa shape index (κ1) is 31.6. The second kappa shape index (κ2) is 13.4. The van der Waals surface area contributed by atoms with Crippen LogP contribution in [-0.4, -0.2) is 4.57 Å². The highest BCUT2D eigenvalue weighted by Crippen LogP contribution is 2.42. The van der Waals surface area contributed by atoms with Crippen molar-refractivity contribution in [3.8, 4) is 39.1 Å². The zero-order valence-electron chi connectivity index (χ0n) is 29.7. The van der Waals surface area contributed by atoms with E-state index in [9.17, 15) is 0 Å². The van der Waals surface area contributed by atoms with Crippen molar-refractivity contribution in [2.75, 3.05) is 4.90 Å². The summed E-state index contributed by atoms with van der Waals surface area (Å²) in [5.41, 5.74) is 14.0. The normalized spacial score (nSPS) is 11.3. The Kier molecular flexibility index (Phi) is 7.85. The van der Waals surface area contributed by atoms with Gasteiger partial charge in [0.2, 0.25) is 0 Å². The molecule has 0 bridgehead atoms. The van der Waals surface area contributed by atoms with Crippen molar-refractivity contribution in [2.45, 2.75) is 0 Å². The van der Waals surface area contributed by atoms with Crippen LogP contribution in [0.25, 0.3) is 71.6 Å². The fourth-order valence-electron chi connectivity index (χ4n) is 8.11. The third-order valence-electron chi connectivity index (χ3n) is 10.6. The van der Waals surface area contributed by atoms with Crippen molar-refractivity contribution in [1.82, 2.24) is 4.57 Å². The quantitative estimate of drug-likeness (QED) is 0.162. The van der Waals surface area contributed by atoms with Gasteiger partial charge in [-0.05, 0) is 98.8 Å². The molecule has 54 heavy (non-hydrogen) atoms. The van der Waals surface area contributed by atoms with Gasteiger partial charge in [-0.1, -0.05) is 164 Å². The Hall–Kier alpha value is -7.16. The molecule has 0 saturated heterocycles. The molecule has 0 saturated carbocycles. The summed E-state index contributed by atoms with van der Waals surface area (Å²) in [5, 5.41) is 5.00. The standard InChI is InChI=1S/C52H36N2/c1-3-15-37(16-4-1)38-31-33-42(34-32-38)53(44-23-14-24-45(36-44)54-50-29-9-7-25-48(50)49-26-8-10-30-51(49)54)43-22-11-21-41(35-43)47-28-13-20-40-19-12-27-46(52(40)47)39-17-5-2-6-18-39/h1-36H. The van der Waals surface area contributed by atoms with Gasteiger partial charge in [-0.3, -0.25) is 0 Å². The first-order valence-corrected chi connectivity index (χ1v) is 18.5. The fraction of sp³-hybridized carbons (Fsp3) is 0. The second-order valence-electron chi connectivity index (χ2n) is 13.8. The molecule has 9 aromatic carbocycles. The van der Waals surface area contributed by atoms with Crippen LogP contribution < -0.4 is 4.90 Å². The maximum absolute atomic E-state index is 2.39. The maximum atomic E-state index is 2.39. The minimum atomic E-state index is 1.09. The van der Waals surface area contributed by atoms with Gasteiger partial charge in [0.1, 0.15) is 0 Å². The summed E-state index contributed by atoms with van der Waals surface area (Å²) in [5.74, 6) is 0. The van der Waals surface area contributed by atoms with Crippen molar-refractivity contribution in [1.29, 1.82) is 0 Å². The molecule has 0 spiro atoms. The molecule has 0 aliphatic rings. The molecular formula is C52H36N2. The molecule has 0 radical (unpaired) electrons. The van der Waals surface area contributed by atoms with Gasteiger partial charge < -0.3 is 9.47 Å². The van der Waals surface area contributed by atoms with E-state index < -0.39 is 0 Å². The Morgan fingerprint density at radius 2 is 0.815 bits per heavy atom. The molecule has 0 aliphatic carbocycles. The van der Waals surface area contributed by atoms with Gasteiger partial charge >= 0.3 is 0 Å². The first-order valence-electron chi connectivity index (χ1n) is 18.5. The SMILES string of the molecule is c1ccc(-c2ccc(N(c3cccc(-c4cccc5cccc(-c6ccccc6)c45)c3)c3cccc(-n4c5ccccc5c5ccccc54)c3)cc2)cc1.